The fourth-order valence-corrected chi connectivity index (χ4v) is 6.11. The zero-order chi connectivity index (χ0) is 25.6. The summed E-state index contributed by atoms with van der Waals surface area (Å²) in [5, 5.41) is 7.34. The molecule has 198 valence electrons. The zero-order valence-electron chi connectivity index (χ0n) is 23.3. The summed E-state index contributed by atoms with van der Waals surface area (Å²) in [5.41, 5.74) is -0.0512. The number of carbonyl (C=O) groups excluding carboxylic acids is 2. The Morgan fingerprint density at radius 3 is 1.32 bits per heavy atom. The van der Waals surface area contributed by atoms with Gasteiger partial charge in [-0.25, -0.2) is 0 Å². The van der Waals surface area contributed by atoms with Gasteiger partial charge < -0.3 is 20.1 Å². The van der Waals surface area contributed by atoms with Gasteiger partial charge in [-0.1, -0.05) is 0 Å². The van der Waals surface area contributed by atoms with Crippen molar-refractivity contribution < 1.29 is 19.1 Å². The van der Waals surface area contributed by atoms with Crippen LogP contribution in [0, 0.1) is 11.8 Å². The molecule has 2 rings (SSSR count). The summed E-state index contributed by atoms with van der Waals surface area (Å²) in [7, 11) is 0. The smallest absolute Gasteiger partial charge is 0.308 e. The Balaban J connectivity index is 1.59. The molecule has 0 amide bonds. The van der Waals surface area contributed by atoms with Crippen LogP contribution in [0.15, 0.2) is 0 Å². The van der Waals surface area contributed by atoms with Crippen LogP contribution < -0.4 is 10.6 Å². The van der Waals surface area contributed by atoms with Gasteiger partial charge in [-0.05, 0) is 120 Å². The predicted molar refractivity (Wildman–Crippen MR) is 138 cm³/mol. The van der Waals surface area contributed by atoms with Crippen LogP contribution in [-0.2, 0) is 19.1 Å². The summed E-state index contributed by atoms with van der Waals surface area (Å²) in [6.07, 6.45) is 8.99. The zero-order valence-corrected chi connectivity index (χ0v) is 23.3. The summed E-state index contributed by atoms with van der Waals surface area (Å²) in [4.78, 5) is 25.2. The first-order valence-electron chi connectivity index (χ1n) is 13.5. The van der Waals surface area contributed by atoms with Gasteiger partial charge in [-0.15, -0.1) is 0 Å². The third kappa shape index (κ3) is 10.2. The van der Waals surface area contributed by atoms with Crippen LogP contribution >= 0.6 is 0 Å². The Bertz CT molecular complexity index is 626. The summed E-state index contributed by atoms with van der Waals surface area (Å²) in [6.45, 7) is 18.4. The Labute approximate surface area is 208 Å². The minimum Gasteiger partial charge on any atom is -0.465 e. The van der Waals surface area contributed by atoms with Gasteiger partial charge in [0.2, 0.25) is 0 Å². The van der Waals surface area contributed by atoms with Crippen molar-refractivity contribution >= 4 is 11.9 Å². The molecule has 0 saturated carbocycles. The average molecular weight is 481 g/mol. The Morgan fingerprint density at radius 1 is 0.618 bits per heavy atom. The number of unbranched alkanes of at least 4 members (excludes halogenated alkanes) is 3. The highest BCUT2D eigenvalue weighted by molar-refractivity contribution is 5.73. The lowest BCUT2D eigenvalue weighted by Crippen LogP contribution is -2.50. The van der Waals surface area contributed by atoms with E-state index in [9.17, 15) is 9.59 Å². The van der Waals surface area contributed by atoms with Crippen molar-refractivity contribution in [3.63, 3.8) is 0 Å². The van der Waals surface area contributed by atoms with Gasteiger partial charge in [0.1, 0.15) is 0 Å². The second-order valence-corrected chi connectivity index (χ2v) is 13.4. The molecule has 0 radical (unpaired) electrons. The molecule has 6 nitrogen and oxygen atoms in total. The standard InChI is InChI=1S/C28H52N2O4/c1-25(2)15-13-21(19-27(5,6)29-25)23(31)33-17-11-9-10-12-18-34-24(32)22-14-16-26(3,4)30-28(7,8)20-22/h21-22,29-30H,9-20H2,1-8H3. The number of rotatable bonds is 9. The van der Waals surface area contributed by atoms with Crippen molar-refractivity contribution in [1.29, 1.82) is 0 Å². The van der Waals surface area contributed by atoms with E-state index in [0.29, 0.717) is 13.2 Å². The highest BCUT2D eigenvalue weighted by Crippen LogP contribution is 2.33. The number of hydrogen-bond donors (Lipinski definition) is 2. The molecule has 2 aliphatic rings. The number of hydrogen-bond acceptors (Lipinski definition) is 6. The topological polar surface area (TPSA) is 76.7 Å². The van der Waals surface area contributed by atoms with Gasteiger partial charge >= 0.3 is 11.9 Å². The van der Waals surface area contributed by atoms with E-state index < -0.39 is 0 Å². The first-order chi connectivity index (χ1) is 15.6. The van der Waals surface area contributed by atoms with Crippen LogP contribution in [0.1, 0.15) is 120 Å². The van der Waals surface area contributed by atoms with E-state index in [1.165, 1.54) is 0 Å². The normalized spacial score (nSPS) is 27.8. The molecule has 2 N–H and O–H groups in total. The monoisotopic (exact) mass is 480 g/mol. The molecule has 0 bridgehead atoms. The quantitative estimate of drug-likeness (QED) is 0.334. The number of nitrogens with one attached hydrogen (secondary N) is 2. The Kier molecular flexibility index (Phi) is 10.0. The van der Waals surface area contributed by atoms with E-state index in [2.05, 4.69) is 66.0 Å². The van der Waals surface area contributed by atoms with E-state index in [-0.39, 0.29) is 45.9 Å². The molecule has 2 saturated heterocycles. The molecule has 34 heavy (non-hydrogen) atoms. The molecule has 2 heterocycles. The second-order valence-electron chi connectivity index (χ2n) is 13.4. The first-order valence-corrected chi connectivity index (χ1v) is 13.5. The molecule has 6 heteroatoms. The molecular formula is C28H52N2O4. The fourth-order valence-electron chi connectivity index (χ4n) is 6.11. The van der Waals surface area contributed by atoms with Gasteiger partial charge in [0.25, 0.3) is 0 Å². The van der Waals surface area contributed by atoms with Crippen LogP contribution in [0.4, 0.5) is 0 Å². The molecular weight excluding hydrogens is 428 g/mol. The molecule has 0 aliphatic carbocycles. The fraction of sp³-hybridized carbons (Fsp3) is 0.929. The van der Waals surface area contributed by atoms with E-state index in [4.69, 9.17) is 9.47 Å². The van der Waals surface area contributed by atoms with Gasteiger partial charge in [0.15, 0.2) is 0 Å². The van der Waals surface area contributed by atoms with Gasteiger partial charge in [-0.2, -0.15) is 0 Å². The molecule has 2 atom stereocenters. The van der Waals surface area contributed by atoms with Crippen LogP contribution in [0.5, 0.6) is 0 Å². The van der Waals surface area contributed by atoms with Crippen molar-refractivity contribution in [3.8, 4) is 0 Å². The maximum Gasteiger partial charge on any atom is 0.308 e. The summed E-state index contributed by atoms with van der Waals surface area (Å²) >= 11 is 0. The van der Waals surface area contributed by atoms with Gasteiger partial charge in [0, 0.05) is 22.2 Å². The largest absolute Gasteiger partial charge is 0.465 e. The molecule has 0 aromatic carbocycles. The van der Waals surface area contributed by atoms with Crippen molar-refractivity contribution in [2.24, 2.45) is 11.8 Å². The SMILES string of the molecule is CC1(C)CCC(C(=O)OCCCCCCOC(=O)C2CCC(C)(C)NC(C)(C)C2)CC(C)(C)N1. The minimum atomic E-state index is -0.0691. The lowest BCUT2D eigenvalue weighted by molar-refractivity contribution is -0.150. The third-order valence-electron chi connectivity index (χ3n) is 7.30. The maximum atomic E-state index is 12.6. The first kappa shape index (κ1) is 29.1. The summed E-state index contributed by atoms with van der Waals surface area (Å²) < 4.78 is 11.2. The highest BCUT2D eigenvalue weighted by atomic mass is 16.5. The molecule has 0 aromatic rings. The molecule has 0 aromatic heterocycles. The number of carbonyl (C=O) groups is 2. The Hall–Kier alpha value is -1.14. The lowest BCUT2D eigenvalue weighted by atomic mass is 9.90. The van der Waals surface area contributed by atoms with Crippen LogP contribution in [0.3, 0.4) is 0 Å². The van der Waals surface area contributed by atoms with E-state index in [1.807, 2.05) is 0 Å². The van der Waals surface area contributed by atoms with Crippen molar-refractivity contribution in [2.45, 2.75) is 142 Å². The molecule has 0 spiro atoms. The Morgan fingerprint density at radius 2 is 0.971 bits per heavy atom. The third-order valence-corrected chi connectivity index (χ3v) is 7.30. The summed E-state index contributed by atoms with van der Waals surface area (Å²) in [6, 6.07) is 0. The van der Waals surface area contributed by atoms with E-state index >= 15 is 0 Å². The molecule has 2 aliphatic heterocycles. The predicted octanol–water partition coefficient (Wildman–Crippen LogP) is 5.53. The number of esters is 2. The van der Waals surface area contributed by atoms with Crippen molar-refractivity contribution in [2.75, 3.05) is 13.2 Å². The minimum absolute atomic E-state index is 0.0292. The second kappa shape index (κ2) is 11.7. The average Bonchev–Trinajstić information content (AvgIpc) is 2.87. The maximum absolute atomic E-state index is 12.6. The molecule has 2 unspecified atom stereocenters. The molecule has 2 fully saturated rings. The van der Waals surface area contributed by atoms with E-state index in [1.54, 1.807) is 0 Å². The number of ether oxygens (including phenoxy) is 2. The highest BCUT2D eigenvalue weighted by Gasteiger charge is 2.38. The van der Waals surface area contributed by atoms with Crippen molar-refractivity contribution in [1.82, 2.24) is 10.6 Å². The van der Waals surface area contributed by atoms with Gasteiger partial charge in [0.05, 0.1) is 25.0 Å². The van der Waals surface area contributed by atoms with Crippen LogP contribution in [-0.4, -0.2) is 47.3 Å². The summed E-state index contributed by atoms with van der Waals surface area (Å²) in [5.74, 6) is -0.159. The van der Waals surface area contributed by atoms with Gasteiger partial charge in [-0.3, -0.25) is 9.59 Å². The lowest BCUT2D eigenvalue weighted by Gasteiger charge is -2.34. The van der Waals surface area contributed by atoms with Crippen LogP contribution in [0.25, 0.3) is 0 Å². The van der Waals surface area contributed by atoms with E-state index in [0.717, 1.165) is 64.2 Å². The van der Waals surface area contributed by atoms with Crippen LogP contribution in [0.2, 0.25) is 0 Å². The van der Waals surface area contributed by atoms with Crippen molar-refractivity contribution in [3.05, 3.63) is 0 Å².